The van der Waals surface area contributed by atoms with Crippen LogP contribution in [0.2, 0.25) is 0 Å². The number of allylic oxidation sites excluding steroid dienone is 2. The lowest BCUT2D eigenvalue weighted by Gasteiger charge is -2.43. The number of aliphatic hydroxyl groups is 2. The second-order valence-corrected chi connectivity index (χ2v) is 15.6. The van der Waals surface area contributed by atoms with Crippen molar-refractivity contribution in [1.29, 1.82) is 0 Å². The number of para-hydroxylation sites is 1. The molecule has 12 nitrogen and oxygen atoms in total. The van der Waals surface area contributed by atoms with Gasteiger partial charge in [0.25, 0.3) is 0 Å². The molecule has 10 atom stereocenters. The van der Waals surface area contributed by atoms with E-state index in [0.717, 1.165) is 5.57 Å². The van der Waals surface area contributed by atoms with E-state index in [0.29, 0.717) is 25.0 Å². The molecule has 1 unspecified atom stereocenters. The Kier molecular flexibility index (Phi) is 15.5. The average molecular weight is 708 g/mol. The van der Waals surface area contributed by atoms with Crippen LogP contribution in [-0.4, -0.2) is 76.1 Å². The Labute approximate surface area is 289 Å². The van der Waals surface area contributed by atoms with Crippen LogP contribution in [0.4, 0.5) is 0 Å². The zero-order valence-corrected chi connectivity index (χ0v) is 30.3. The Morgan fingerprint density at radius 2 is 1.73 bits per heavy atom. The molecule has 49 heavy (non-hydrogen) atoms. The molecule has 2 aliphatic rings. The van der Waals surface area contributed by atoms with E-state index in [1.807, 2.05) is 26.0 Å². The number of hydrogen-bond acceptors (Lipinski definition) is 10. The molecule has 0 saturated carbocycles. The van der Waals surface area contributed by atoms with E-state index in [1.54, 1.807) is 51.1 Å². The second kappa shape index (κ2) is 18.8. The van der Waals surface area contributed by atoms with Crippen LogP contribution in [0, 0.1) is 23.7 Å². The molecule has 0 saturated heterocycles. The Morgan fingerprint density at radius 3 is 2.37 bits per heavy atom. The summed E-state index contributed by atoms with van der Waals surface area (Å²) in [6.07, 6.45) is 3.27. The fraction of sp³-hybridized carbons (Fsp3) is 0.639. The molecule has 2 aliphatic carbocycles. The van der Waals surface area contributed by atoms with Crippen LogP contribution >= 0.6 is 7.52 Å². The predicted octanol–water partition coefficient (Wildman–Crippen LogP) is 5.62. The molecule has 13 heteroatoms. The number of aliphatic carboxylic acids is 1. The molecule has 3 rings (SSSR count). The van der Waals surface area contributed by atoms with Gasteiger partial charge in [-0.3, -0.25) is 18.9 Å². The highest BCUT2D eigenvalue weighted by Crippen LogP contribution is 2.47. The lowest BCUT2D eigenvalue weighted by molar-refractivity contribution is -0.159. The number of hydrogen-bond donors (Lipinski definition) is 4. The Balaban J connectivity index is 1.84. The van der Waals surface area contributed by atoms with E-state index in [4.69, 9.17) is 23.8 Å². The number of carbonyl (C=O) groups excluding carboxylic acids is 2. The van der Waals surface area contributed by atoms with Gasteiger partial charge in [-0.15, -0.1) is 0 Å². The predicted molar refractivity (Wildman–Crippen MR) is 184 cm³/mol. The summed E-state index contributed by atoms with van der Waals surface area (Å²) in [7, 11) is -3.84. The molecule has 0 amide bonds. The van der Waals surface area contributed by atoms with Crippen molar-refractivity contribution in [2.75, 3.05) is 6.35 Å². The molecular formula is C36H54NO11P. The highest BCUT2D eigenvalue weighted by molar-refractivity contribution is 7.57. The summed E-state index contributed by atoms with van der Waals surface area (Å²) in [6, 6.07) is 7.63. The van der Waals surface area contributed by atoms with E-state index >= 15 is 0 Å². The average Bonchev–Trinajstić information content (AvgIpc) is 3.02. The summed E-state index contributed by atoms with van der Waals surface area (Å²) in [5.41, 5.74) is 0.891. The van der Waals surface area contributed by atoms with Gasteiger partial charge in [0, 0.05) is 12.3 Å². The van der Waals surface area contributed by atoms with Crippen LogP contribution in [0.15, 0.2) is 54.1 Å². The number of ether oxygens (including phenoxy) is 3. The summed E-state index contributed by atoms with van der Waals surface area (Å²) in [5.74, 6) is -2.19. The maximum Gasteiger partial charge on any atom is 0.342 e. The summed E-state index contributed by atoms with van der Waals surface area (Å²) in [4.78, 5) is 36.7. The van der Waals surface area contributed by atoms with Crippen LogP contribution < -0.4 is 9.61 Å². The van der Waals surface area contributed by atoms with Crippen LogP contribution in [-0.2, 0) is 33.2 Å². The molecule has 1 aromatic carbocycles. The number of rotatable bonds is 19. The van der Waals surface area contributed by atoms with Crippen molar-refractivity contribution in [1.82, 2.24) is 5.09 Å². The molecule has 0 fully saturated rings. The van der Waals surface area contributed by atoms with Gasteiger partial charge in [-0.2, -0.15) is 0 Å². The minimum atomic E-state index is -3.84. The molecule has 0 radical (unpaired) electrons. The van der Waals surface area contributed by atoms with Crippen molar-refractivity contribution >= 4 is 25.4 Å². The van der Waals surface area contributed by atoms with Crippen molar-refractivity contribution in [2.45, 2.75) is 117 Å². The summed E-state index contributed by atoms with van der Waals surface area (Å²) >= 11 is 0. The SMILES string of the molecule is CC[C@H](C)C(=O)O[C@H]1C[C@H](OCP(=O)(N[C@@H](C)C(=O)OC(C)C)Oc2ccccc2)C=C2C=C[C@H](C)[C@H](CC[C@@H](O)C[C@@H](O)CC(=O)O)[C@H]21. The monoisotopic (exact) mass is 707 g/mol. The van der Waals surface area contributed by atoms with Crippen molar-refractivity contribution in [3.63, 3.8) is 0 Å². The first-order valence-corrected chi connectivity index (χ1v) is 19.0. The lowest BCUT2D eigenvalue weighted by atomic mass is 9.66. The third-order valence-corrected chi connectivity index (χ3v) is 10.8. The van der Waals surface area contributed by atoms with E-state index in [2.05, 4.69) is 18.1 Å². The standard InChI is InChI=1S/C36H54NO11P/c1-7-23(4)35(42)47-32-20-30(17-26-14-13-24(5)31(34(26)32)16-15-27(38)18-28(39)19-33(40)41)45-21-49(44,48-29-11-9-8-10-12-29)37-25(6)36(43)46-22(2)3/h8-14,17,22-25,27-28,30-32,34,38-39H,7,15-16,18-21H2,1-6H3,(H,37,44)(H,40,41)/t23-,24-,25-,27+,28+,30+,31-,32-,34-,49?/m0/s1. The molecule has 0 heterocycles. The number of aliphatic hydroxyl groups excluding tert-OH is 2. The highest BCUT2D eigenvalue weighted by atomic mass is 31.2. The molecule has 0 aliphatic heterocycles. The quantitative estimate of drug-likeness (QED) is 0.103. The summed E-state index contributed by atoms with van der Waals surface area (Å²) in [5, 5.41) is 32.4. The molecule has 274 valence electrons. The Hall–Kier alpha value is -3.02. The third kappa shape index (κ3) is 12.7. The summed E-state index contributed by atoms with van der Waals surface area (Å²) in [6.45, 7) is 10.8. The van der Waals surface area contributed by atoms with E-state index < -0.39 is 56.3 Å². The fourth-order valence-corrected chi connectivity index (χ4v) is 7.96. The van der Waals surface area contributed by atoms with Gasteiger partial charge in [0.1, 0.15) is 24.2 Å². The topological polar surface area (TPSA) is 178 Å². The number of fused-ring (bicyclic) bond motifs is 1. The first-order valence-electron chi connectivity index (χ1n) is 17.2. The maximum atomic E-state index is 14.2. The number of carboxylic acids is 1. The van der Waals surface area contributed by atoms with Crippen molar-refractivity contribution in [3.05, 3.63) is 54.1 Å². The first-order chi connectivity index (χ1) is 23.1. The Morgan fingerprint density at radius 1 is 1.04 bits per heavy atom. The van der Waals surface area contributed by atoms with Gasteiger partial charge < -0.3 is 34.1 Å². The van der Waals surface area contributed by atoms with Crippen LogP contribution in [0.3, 0.4) is 0 Å². The van der Waals surface area contributed by atoms with Crippen LogP contribution in [0.1, 0.15) is 80.1 Å². The number of esters is 2. The van der Waals surface area contributed by atoms with Crippen molar-refractivity contribution in [2.24, 2.45) is 23.7 Å². The van der Waals surface area contributed by atoms with Crippen molar-refractivity contribution < 1.29 is 53.0 Å². The normalized spacial score (nSPS) is 25.6. The van der Waals surface area contributed by atoms with Crippen molar-refractivity contribution in [3.8, 4) is 5.75 Å². The molecular weight excluding hydrogens is 653 g/mol. The largest absolute Gasteiger partial charge is 0.481 e. The minimum Gasteiger partial charge on any atom is -0.481 e. The molecule has 4 N–H and O–H groups in total. The molecule has 0 bridgehead atoms. The van der Waals surface area contributed by atoms with Crippen LogP contribution in [0.5, 0.6) is 5.75 Å². The first kappa shape index (κ1) is 40.4. The third-order valence-electron chi connectivity index (χ3n) is 8.98. The number of carbonyl (C=O) groups is 3. The van der Waals surface area contributed by atoms with Crippen LogP contribution in [0.25, 0.3) is 0 Å². The van der Waals surface area contributed by atoms with Gasteiger partial charge in [-0.05, 0) is 76.0 Å². The number of benzene rings is 1. The Bertz CT molecular complexity index is 1350. The van der Waals surface area contributed by atoms with Gasteiger partial charge >= 0.3 is 25.4 Å². The number of carboxylic acid groups (broad SMARTS) is 1. The van der Waals surface area contributed by atoms with E-state index in [1.165, 1.54) is 0 Å². The van der Waals surface area contributed by atoms with E-state index in [9.17, 15) is 29.2 Å². The zero-order chi connectivity index (χ0) is 36.3. The molecule has 0 aromatic heterocycles. The van der Waals surface area contributed by atoms with Gasteiger partial charge in [-0.25, -0.2) is 5.09 Å². The van der Waals surface area contributed by atoms with Gasteiger partial charge in [0.05, 0.1) is 36.8 Å². The highest BCUT2D eigenvalue weighted by Gasteiger charge is 2.43. The van der Waals surface area contributed by atoms with Gasteiger partial charge in [0.2, 0.25) is 0 Å². The molecule has 0 spiro atoms. The van der Waals surface area contributed by atoms with Gasteiger partial charge in [0.15, 0.2) is 0 Å². The fourth-order valence-electron chi connectivity index (χ4n) is 6.24. The number of nitrogens with one attached hydrogen (secondary N) is 1. The smallest absolute Gasteiger partial charge is 0.342 e. The lowest BCUT2D eigenvalue weighted by Crippen LogP contribution is -2.44. The minimum absolute atomic E-state index is 0.0276. The maximum absolute atomic E-state index is 14.2. The van der Waals surface area contributed by atoms with E-state index in [-0.39, 0.29) is 54.9 Å². The van der Waals surface area contributed by atoms with Gasteiger partial charge in [-0.1, -0.05) is 57.2 Å². The second-order valence-electron chi connectivity index (χ2n) is 13.6. The summed E-state index contributed by atoms with van der Waals surface area (Å²) < 4.78 is 37.8. The molecule has 1 aromatic rings. The zero-order valence-electron chi connectivity index (χ0n) is 29.4.